The van der Waals surface area contributed by atoms with Crippen molar-refractivity contribution in [2.24, 2.45) is 16.0 Å². The van der Waals surface area contributed by atoms with E-state index in [-0.39, 0.29) is 11.5 Å². The third-order valence-corrected chi connectivity index (χ3v) is 8.04. The molecule has 0 radical (unpaired) electrons. The standard InChI is InChI=1S/C34H53N5O/c1-8-12-14-16-18-20-28-30(21-19-17-15-13-9-2)36-33-32(31(25(5)6)37-39(33)34(28)40)35-29-23-22-27(24-26(29)7)38(10-3)11-4/h22-25H,8-21H2,1-7H3. The Hall–Kier alpha value is -2.76. The molecule has 2 heterocycles. The minimum atomic E-state index is 0.000929. The second-order valence-electron chi connectivity index (χ2n) is 11.5. The molecule has 0 spiro atoms. The highest BCUT2D eigenvalue weighted by Gasteiger charge is 2.30. The fourth-order valence-electron chi connectivity index (χ4n) is 5.53. The van der Waals surface area contributed by atoms with Crippen molar-refractivity contribution in [2.75, 3.05) is 18.0 Å². The van der Waals surface area contributed by atoms with Crippen molar-refractivity contribution in [3.63, 3.8) is 0 Å². The van der Waals surface area contributed by atoms with E-state index in [1.165, 1.54) is 50.6 Å². The van der Waals surface area contributed by atoms with Crippen LogP contribution in [0.25, 0.3) is 0 Å². The Labute approximate surface area is 243 Å². The lowest BCUT2D eigenvalue weighted by Crippen LogP contribution is -2.27. The van der Waals surface area contributed by atoms with E-state index in [2.05, 4.69) is 71.6 Å². The van der Waals surface area contributed by atoms with Crippen molar-refractivity contribution < 1.29 is 0 Å². The molecule has 6 heteroatoms. The largest absolute Gasteiger partial charge is 0.372 e. The van der Waals surface area contributed by atoms with Crippen LogP contribution >= 0.6 is 0 Å². The summed E-state index contributed by atoms with van der Waals surface area (Å²) in [5.74, 6) is 0.740. The summed E-state index contributed by atoms with van der Waals surface area (Å²) < 4.78 is 1.55. The molecule has 2 aromatic rings. The number of fused-ring (bicyclic) bond motifs is 1. The Bertz CT molecular complexity index is 1220. The van der Waals surface area contributed by atoms with E-state index in [4.69, 9.17) is 15.1 Å². The summed E-state index contributed by atoms with van der Waals surface area (Å²) in [6.45, 7) is 17.1. The Balaban J connectivity index is 2.02. The van der Waals surface area contributed by atoms with Crippen molar-refractivity contribution in [2.45, 2.75) is 126 Å². The van der Waals surface area contributed by atoms with Crippen molar-refractivity contribution in [1.29, 1.82) is 0 Å². The smallest absolute Gasteiger partial charge is 0.277 e. The third-order valence-electron chi connectivity index (χ3n) is 8.04. The number of anilines is 1. The number of aliphatic imine (C=N–C) groups is 1. The maximum Gasteiger partial charge on any atom is 0.277 e. The van der Waals surface area contributed by atoms with Gasteiger partial charge in [-0.2, -0.15) is 9.78 Å². The molecule has 1 aromatic carbocycles. The molecule has 0 aliphatic carbocycles. The highest BCUT2D eigenvalue weighted by Crippen LogP contribution is 2.28. The lowest BCUT2D eigenvalue weighted by molar-refractivity contribution is 0.607. The van der Waals surface area contributed by atoms with E-state index >= 15 is 0 Å². The molecule has 0 saturated heterocycles. The van der Waals surface area contributed by atoms with Gasteiger partial charge in [0.15, 0.2) is 5.82 Å². The van der Waals surface area contributed by atoms with Gasteiger partial charge in [0.1, 0.15) is 5.71 Å². The molecule has 0 unspecified atom stereocenters. The molecule has 1 aromatic heterocycles. The summed E-state index contributed by atoms with van der Waals surface area (Å²) in [7, 11) is 0. The molecule has 0 atom stereocenters. The van der Waals surface area contributed by atoms with E-state index in [0.717, 1.165) is 79.1 Å². The van der Waals surface area contributed by atoms with Gasteiger partial charge in [-0.25, -0.2) is 9.98 Å². The monoisotopic (exact) mass is 547 g/mol. The second-order valence-corrected chi connectivity index (χ2v) is 11.5. The van der Waals surface area contributed by atoms with E-state index in [1.807, 2.05) is 0 Å². The third kappa shape index (κ3) is 7.92. The second kappa shape index (κ2) is 15.9. The number of unbranched alkanes of at least 4 members (excludes halogenated alkanes) is 8. The van der Waals surface area contributed by atoms with E-state index in [0.29, 0.717) is 5.82 Å². The molecule has 0 amide bonds. The molecular weight excluding hydrogens is 494 g/mol. The van der Waals surface area contributed by atoms with Crippen LogP contribution in [0, 0.1) is 12.8 Å². The van der Waals surface area contributed by atoms with Gasteiger partial charge in [0, 0.05) is 24.3 Å². The van der Waals surface area contributed by atoms with Crippen molar-refractivity contribution in [3.8, 4) is 0 Å². The SMILES string of the molecule is CCCCCCCc1nc2n(c(=O)c1CCCCCCC)N=C(C(C)C)C2=Nc1ccc(N(CC)CC)cc1C. The van der Waals surface area contributed by atoms with Gasteiger partial charge >= 0.3 is 0 Å². The molecule has 1 aliphatic heterocycles. The fraction of sp³-hybridized carbons (Fsp3) is 0.647. The quantitative estimate of drug-likeness (QED) is 0.187. The molecule has 6 nitrogen and oxygen atoms in total. The first kappa shape index (κ1) is 31.8. The maximum atomic E-state index is 13.9. The summed E-state index contributed by atoms with van der Waals surface area (Å²) in [6, 6.07) is 6.44. The molecule has 220 valence electrons. The van der Waals surface area contributed by atoms with Gasteiger partial charge in [0.05, 0.1) is 17.1 Å². The van der Waals surface area contributed by atoms with Crippen LogP contribution in [0.3, 0.4) is 0 Å². The molecule has 0 N–H and O–H groups in total. The van der Waals surface area contributed by atoms with Crippen molar-refractivity contribution in [1.82, 2.24) is 9.66 Å². The normalized spacial score (nSPS) is 13.8. The zero-order chi connectivity index (χ0) is 29.1. The summed E-state index contributed by atoms with van der Waals surface area (Å²) >= 11 is 0. The van der Waals surface area contributed by atoms with Crippen LogP contribution in [0.15, 0.2) is 33.1 Å². The van der Waals surface area contributed by atoms with Gasteiger partial charge in [-0.3, -0.25) is 4.79 Å². The lowest BCUT2D eigenvalue weighted by atomic mass is 10.0. The molecule has 0 saturated carbocycles. The van der Waals surface area contributed by atoms with E-state index < -0.39 is 0 Å². The average molecular weight is 548 g/mol. The van der Waals surface area contributed by atoms with Gasteiger partial charge in [0.25, 0.3) is 5.56 Å². The first-order valence-corrected chi connectivity index (χ1v) is 16.0. The lowest BCUT2D eigenvalue weighted by Gasteiger charge is -2.21. The zero-order valence-corrected chi connectivity index (χ0v) is 26.4. The topological polar surface area (TPSA) is 62.9 Å². The van der Waals surface area contributed by atoms with Crippen molar-refractivity contribution in [3.05, 3.63) is 51.2 Å². The van der Waals surface area contributed by atoms with Crippen LogP contribution in [0.1, 0.15) is 128 Å². The average Bonchev–Trinajstić information content (AvgIpc) is 3.30. The fourth-order valence-corrected chi connectivity index (χ4v) is 5.53. The predicted molar refractivity (Wildman–Crippen MR) is 172 cm³/mol. The highest BCUT2D eigenvalue weighted by molar-refractivity contribution is 6.49. The summed E-state index contributed by atoms with van der Waals surface area (Å²) in [6.07, 6.45) is 13.5. The number of aromatic nitrogens is 2. The summed E-state index contributed by atoms with van der Waals surface area (Å²) in [4.78, 5) is 26.5. The Morgan fingerprint density at radius 3 is 2.08 bits per heavy atom. The molecular formula is C34H53N5O. The maximum absolute atomic E-state index is 13.9. The Morgan fingerprint density at radius 1 is 0.875 bits per heavy atom. The number of rotatable bonds is 17. The van der Waals surface area contributed by atoms with Gasteiger partial charge in [-0.15, -0.1) is 0 Å². The summed E-state index contributed by atoms with van der Waals surface area (Å²) in [5.41, 5.74) is 6.63. The van der Waals surface area contributed by atoms with E-state index in [1.54, 1.807) is 4.68 Å². The molecule has 0 bridgehead atoms. The molecule has 40 heavy (non-hydrogen) atoms. The Kier molecular flexibility index (Phi) is 12.6. The number of benzene rings is 1. The Morgan fingerprint density at radius 2 is 1.50 bits per heavy atom. The van der Waals surface area contributed by atoms with Crippen LogP contribution in [0.2, 0.25) is 0 Å². The van der Waals surface area contributed by atoms with Gasteiger partial charge < -0.3 is 4.90 Å². The highest BCUT2D eigenvalue weighted by atomic mass is 16.1. The number of hydrogen-bond donors (Lipinski definition) is 0. The minimum Gasteiger partial charge on any atom is -0.372 e. The van der Waals surface area contributed by atoms with Gasteiger partial charge in [-0.1, -0.05) is 79.1 Å². The van der Waals surface area contributed by atoms with Crippen LogP contribution < -0.4 is 10.5 Å². The van der Waals surface area contributed by atoms with Gasteiger partial charge in [-0.05, 0) is 76.1 Å². The number of aryl methyl sites for hydroxylation is 2. The molecule has 3 rings (SSSR count). The predicted octanol–water partition coefficient (Wildman–Crippen LogP) is 8.42. The summed E-state index contributed by atoms with van der Waals surface area (Å²) in [5, 5.41) is 4.83. The first-order chi connectivity index (χ1) is 19.4. The number of nitrogens with zero attached hydrogens (tertiary/aromatic N) is 5. The molecule has 0 fully saturated rings. The van der Waals surface area contributed by atoms with Crippen LogP contribution in [0.5, 0.6) is 0 Å². The minimum absolute atomic E-state index is 0.000929. The van der Waals surface area contributed by atoms with E-state index in [9.17, 15) is 4.79 Å². The van der Waals surface area contributed by atoms with Crippen LogP contribution in [-0.2, 0) is 12.8 Å². The number of hydrogen-bond acceptors (Lipinski definition) is 5. The van der Waals surface area contributed by atoms with Crippen LogP contribution in [-0.4, -0.2) is 34.2 Å². The first-order valence-electron chi connectivity index (χ1n) is 16.0. The zero-order valence-electron chi connectivity index (χ0n) is 26.4. The molecule has 1 aliphatic rings. The van der Waals surface area contributed by atoms with Gasteiger partial charge in [0.2, 0.25) is 0 Å². The van der Waals surface area contributed by atoms with Crippen LogP contribution in [0.4, 0.5) is 11.4 Å². The van der Waals surface area contributed by atoms with Crippen molar-refractivity contribution >= 4 is 22.8 Å².